The van der Waals surface area contributed by atoms with Crippen LogP contribution in [0.5, 0.6) is 0 Å². The fourth-order valence-electron chi connectivity index (χ4n) is 0.996. The summed E-state index contributed by atoms with van der Waals surface area (Å²) in [5.41, 5.74) is 0.756. The predicted molar refractivity (Wildman–Crippen MR) is 43.5 cm³/mol. The molecule has 0 spiro atoms. The molecule has 1 N–H and O–H groups in total. The standard InChI is InChI=1S/C8H13FN2O/c1-2-8(12)7-5-10-11(6-7)4-3-9/h5-6,8,12H,2-4H2,1H3. The number of rotatable bonds is 4. The van der Waals surface area contributed by atoms with Gasteiger partial charge in [0.15, 0.2) is 0 Å². The van der Waals surface area contributed by atoms with Crippen molar-refractivity contribution in [2.45, 2.75) is 26.0 Å². The van der Waals surface area contributed by atoms with Crippen LogP contribution >= 0.6 is 0 Å². The van der Waals surface area contributed by atoms with E-state index in [2.05, 4.69) is 5.10 Å². The van der Waals surface area contributed by atoms with Crippen molar-refractivity contribution in [2.24, 2.45) is 0 Å². The summed E-state index contributed by atoms with van der Waals surface area (Å²) in [7, 11) is 0. The Morgan fingerprint density at radius 2 is 2.50 bits per heavy atom. The topological polar surface area (TPSA) is 38.1 Å². The quantitative estimate of drug-likeness (QED) is 0.743. The summed E-state index contributed by atoms with van der Waals surface area (Å²) in [6.45, 7) is 1.72. The fourth-order valence-corrected chi connectivity index (χ4v) is 0.996. The van der Waals surface area contributed by atoms with Crippen LogP contribution in [0.3, 0.4) is 0 Å². The minimum atomic E-state index is -0.474. The highest BCUT2D eigenvalue weighted by Gasteiger charge is 2.06. The van der Waals surface area contributed by atoms with E-state index in [0.717, 1.165) is 5.56 Å². The first-order chi connectivity index (χ1) is 5.77. The number of aliphatic hydroxyl groups is 1. The third-order valence-corrected chi connectivity index (χ3v) is 1.74. The smallest absolute Gasteiger partial charge is 0.109 e. The summed E-state index contributed by atoms with van der Waals surface area (Å²) in [6, 6.07) is 0. The Labute approximate surface area is 70.8 Å². The summed E-state index contributed by atoms with van der Waals surface area (Å²) < 4.78 is 13.3. The Morgan fingerprint density at radius 3 is 3.08 bits per heavy atom. The third kappa shape index (κ3) is 2.04. The molecule has 4 heteroatoms. The van der Waals surface area contributed by atoms with Crippen LogP contribution in [0, 0.1) is 0 Å². The molecule has 1 unspecified atom stereocenters. The molecule has 1 aromatic heterocycles. The Balaban J connectivity index is 2.63. The van der Waals surface area contributed by atoms with Crippen LogP contribution in [0.4, 0.5) is 4.39 Å². The summed E-state index contributed by atoms with van der Waals surface area (Å²) in [5.74, 6) is 0. The van der Waals surface area contributed by atoms with Crippen LogP contribution < -0.4 is 0 Å². The molecule has 0 amide bonds. The van der Waals surface area contributed by atoms with Gasteiger partial charge in [0.2, 0.25) is 0 Å². The molecule has 1 heterocycles. The zero-order chi connectivity index (χ0) is 8.97. The average Bonchev–Trinajstić information content (AvgIpc) is 2.52. The van der Waals surface area contributed by atoms with Crippen LogP contribution in [0.25, 0.3) is 0 Å². The molecular formula is C8H13FN2O. The number of nitrogens with zero attached hydrogens (tertiary/aromatic N) is 2. The maximum Gasteiger partial charge on any atom is 0.109 e. The first kappa shape index (κ1) is 9.19. The SMILES string of the molecule is CCC(O)c1cnn(CCF)c1. The van der Waals surface area contributed by atoms with Crippen molar-refractivity contribution in [3.63, 3.8) is 0 Å². The van der Waals surface area contributed by atoms with Gasteiger partial charge in [-0.05, 0) is 6.42 Å². The maximum absolute atomic E-state index is 11.8. The lowest BCUT2D eigenvalue weighted by atomic mass is 10.2. The normalized spacial score (nSPS) is 13.2. The number of hydrogen-bond acceptors (Lipinski definition) is 2. The molecule has 0 radical (unpaired) electrons. The lowest BCUT2D eigenvalue weighted by Crippen LogP contribution is -1.99. The Hall–Kier alpha value is -0.900. The second-order valence-corrected chi connectivity index (χ2v) is 2.65. The van der Waals surface area contributed by atoms with E-state index in [0.29, 0.717) is 6.42 Å². The Bertz CT molecular complexity index is 237. The number of aromatic nitrogens is 2. The van der Waals surface area contributed by atoms with Crippen molar-refractivity contribution in [1.29, 1.82) is 0 Å². The molecule has 0 aliphatic heterocycles. The summed E-state index contributed by atoms with van der Waals surface area (Å²) in [6.07, 6.45) is 3.43. The van der Waals surface area contributed by atoms with E-state index < -0.39 is 12.8 Å². The molecule has 0 saturated heterocycles. The zero-order valence-corrected chi connectivity index (χ0v) is 7.07. The molecule has 1 aromatic rings. The average molecular weight is 172 g/mol. The van der Waals surface area contributed by atoms with Crippen LogP contribution in [0.2, 0.25) is 0 Å². The van der Waals surface area contributed by atoms with Gasteiger partial charge in [0.1, 0.15) is 6.67 Å². The minimum absolute atomic E-state index is 0.260. The van der Waals surface area contributed by atoms with Crippen LogP contribution in [0.1, 0.15) is 25.0 Å². The van der Waals surface area contributed by atoms with E-state index in [4.69, 9.17) is 0 Å². The van der Waals surface area contributed by atoms with Crippen molar-refractivity contribution < 1.29 is 9.50 Å². The number of halogens is 1. The highest BCUT2D eigenvalue weighted by atomic mass is 19.1. The Kier molecular flexibility index (Phi) is 3.22. The molecule has 0 aliphatic carbocycles. The van der Waals surface area contributed by atoms with Gasteiger partial charge in [-0.2, -0.15) is 5.10 Å². The molecule has 68 valence electrons. The van der Waals surface area contributed by atoms with Gasteiger partial charge in [-0.15, -0.1) is 0 Å². The van der Waals surface area contributed by atoms with E-state index in [1.54, 1.807) is 12.4 Å². The van der Waals surface area contributed by atoms with Gasteiger partial charge in [-0.3, -0.25) is 4.68 Å². The molecule has 0 aliphatic rings. The second kappa shape index (κ2) is 4.21. The van der Waals surface area contributed by atoms with Gasteiger partial charge < -0.3 is 5.11 Å². The van der Waals surface area contributed by atoms with Crippen molar-refractivity contribution in [3.05, 3.63) is 18.0 Å². The van der Waals surface area contributed by atoms with Gasteiger partial charge in [0.05, 0.1) is 18.8 Å². The molecule has 0 aromatic carbocycles. The van der Waals surface area contributed by atoms with Crippen LogP contribution in [-0.2, 0) is 6.54 Å². The highest BCUT2D eigenvalue weighted by molar-refractivity contribution is 5.07. The van der Waals surface area contributed by atoms with E-state index in [1.165, 1.54) is 4.68 Å². The predicted octanol–water partition coefficient (Wildman–Crippen LogP) is 1.30. The van der Waals surface area contributed by atoms with E-state index >= 15 is 0 Å². The van der Waals surface area contributed by atoms with Gasteiger partial charge in [-0.1, -0.05) is 6.92 Å². The first-order valence-electron chi connectivity index (χ1n) is 4.04. The van der Waals surface area contributed by atoms with Gasteiger partial charge >= 0.3 is 0 Å². The highest BCUT2D eigenvalue weighted by Crippen LogP contribution is 2.14. The van der Waals surface area contributed by atoms with Gasteiger partial charge in [0, 0.05) is 11.8 Å². The lowest BCUT2D eigenvalue weighted by Gasteiger charge is -2.02. The van der Waals surface area contributed by atoms with Gasteiger partial charge in [0.25, 0.3) is 0 Å². The number of hydrogen-bond donors (Lipinski definition) is 1. The number of aliphatic hydroxyl groups excluding tert-OH is 1. The largest absolute Gasteiger partial charge is 0.388 e. The molecule has 0 fully saturated rings. The lowest BCUT2D eigenvalue weighted by molar-refractivity contribution is 0.173. The van der Waals surface area contributed by atoms with Crippen molar-refractivity contribution >= 4 is 0 Å². The van der Waals surface area contributed by atoms with E-state index in [-0.39, 0.29) is 6.54 Å². The molecule has 0 saturated carbocycles. The molecule has 1 atom stereocenters. The zero-order valence-electron chi connectivity index (χ0n) is 7.07. The summed E-state index contributed by atoms with van der Waals surface area (Å²) in [4.78, 5) is 0. The Morgan fingerprint density at radius 1 is 1.75 bits per heavy atom. The van der Waals surface area contributed by atoms with E-state index in [1.807, 2.05) is 6.92 Å². The second-order valence-electron chi connectivity index (χ2n) is 2.65. The molecule has 0 bridgehead atoms. The maximum atomic E-state index is 11.8. The van der Waals surface area contributed by atoms with Crippen LogP contribution in [-0.4, -0.2) is 21.6 Å². The number of alkyl halides is 1. The van der Waals surface area contributed by atoms with Gasteiger partial charge in [-0.25, -0.2) is 4.39 Å². The molecular weight excluding hydrogens is 159 g/mol. The van der Waals surface area contributed by atoms with Crippen molar-refractivity contribution in [1.82, 2.24) is 9.78 Å². The van der Waals surface area contributed by atoms with Crippen molar-refractivity contribution in [2.75, 3.05) is 6.67 Å². The fraction of sp³-hybridized carbons (Fsp3) is 0.625. The first-order valence-corrected chi connectivity index (χ1v) is 4.04. The van der Waals surface area contributed by atoms with E-state index in [9.17, 15) is 9.50 Å². The minimum Gasteiger partial charge on any atom is -0.388 e. The molecule has 12 heavy (non-hydrogen) atoms. The third-order valence-electron chi connectivity index (χ3n) is 1.74. The van der Waals surface area contributed by atoms with Crippen molar-refractivity contribution in [3.8, 4) is 0 Å². The summed E-state index contributed by atoms with van der Waals surface area (Å²) in [5, 5.41) is 13.3. The molecule has 1 rings (SSSR count). The monoisotopic (exact) mass is 172 g/mol. The summed E-state index contributed by atoms with van der Waals surface area (Å²) >= 11 is 0. The van der Waals surface area contributed by atoms with Crippen LogP contribution in [0.15, 0.2) is 12.4 Å². The molecule has 3 nitrogen and oxygen atoms in total. The number of aryl methyl sites for hydroxylation is 1.